The van der Waals surface area contributed by atoms with Crippen molar-refractivity contribution in [2.75, 3.05) is 19.0 Å². The zero-order valence-corrected chi connectivity index (χ0v) is 10.1. The van der Waals surface area contributed by atoms with Gasteiger partial charge in [-0.2, -0.15) is 0 Å². The molecule has 4 nitrogen and oxygen atoms in total. The number of nitrogens with one attached hydrogen (secondary N) is 1. The Morgan fingerprint density at radius 3 is 3.12 bits per heavy atom. The van der Waals surface area contributed by atoms with Crippen LogP contribution in [0.1, 0.15) is 19.8 Å². The van der Waals surface area contributed by atoms with Crippen LogP contribution in [-0.2, 0) is 11.3 Å². The van der Waals surface area contributed by atoms with E-state index in [1.165, 1.54) is 0 Å². The largest absolute Gasteiger partial charge is 0.383 e. The molecule has 0 fully saturated rings. The fourth-order valence-electron chi connectivity index (χ4n) is 1.67. The van der Waals surface area contributed by atoms with Crippen LogP contribution in [0.3, 0.4) is 0 Å². The summed E-state index contributed by atoms with van der Waals surface area (Å²) < 4.78 is 7.22. The van der Waals surface area contributed by atoms with Crippen LogP contribution in [0, 0.1) is 0 Å². The third kappa shape index (κ3) is 3.70. The van der Waals surface area contributed by atoms with Crippen LogP contribution in [0.4, 0.5) is 5.95 Å². The topological polar surface area (TPSA) is 39.1 Å². The fourth-order valence-corrected chi connectivity index (χ4v) is 1.67. The Kier molecular flexibility index (Phi) is 5.64. The second-order valence-corrected chi connectivity index (χ2v) is 3.78. The molecule has 0 aromatic carbocycles. The molecular formula is C12H21N3O. The molecule has 1 aromatic heterocycles. The zero-order valence-electron chi connectivity index (χ0n) is 10.1. The number of ether oxygens (including phenoxy) is 1. The second-order valence-electron chi connectivity index (χ2n) is 3.78. The van der Waals surface area contributed by atoms with Crippen molar-refractivity contribution < 1.29 is 4.74 Å². The van der Waals surface area contributed by atoms with Gasteiger partial charge >= 0.3 is 0 Å². The van der Waals surface area contributed by atoms with Gasteiger partial charge in [-0.1, -0.05) is 19.4 Å². The molecule has 0 aliphatic rings. The van der Waals surface area contributed by atoms with Crippen molar-refractivity contribution in [1.82, 2.24) is 9.55 Å². The normalized spacial score (nSPS) is 12.4. The van der Waals surface area contributed by atoms with E-state index in [9.17, 15) is 0 Å². The molecule has 0 bridgehead atoms. The number of aromatic nitrogens is 2. The van der Waals surface area contributed by atoms with Gasteiger partial charge in [0.15, 0.2) is 0 Å². The van der Waals surface area contributed by atoms with Crippen LogP contribution >= 0.6 is 0 Å². The lowest BCUT2D eigenvalue weighted by Crippen LogP contribution is -2.26. The number of rotatable bonds is 8. The molecule has 0 aliphatic carbocycles. The third-order valence-corrected chi connectivity index (χ3v) is 2.38. The maximum absolute atomic E-state index is 5.19. The van der Waals surface area contributed by atoms with E-state index in [1.807, 2.05) is 16.8 Å². The van der Waals surface area contributed by atoms with Crippen molar-refractivity contribution in [2.24, 2.45) is 0 Å². The number of imidazole rings is 1. The third-order valence-electron chi connectivity index (χ3n) is 2.38. The molecule has 0 amide bonds. The van der Waals surface area contributed by atoms with Gasteiger partial charge in [0.2, 0.25) is 5.95 Å². The predicted octanol–water partition coefficient (Wildman–Crippen LogP) is 2.30. The van der Waals surface area contributed by atoms with Gasteiger partial charge in [0.25, 0.3) is 0 Å². The van der Waals surface area contributed by atoms with Crippen LogP contribution in [0.15, 0.2) is 25.0 Å². The highest BCUT2D eigenvalue weighted by atomic mass is 16.5. The van der Waals surface area contributed by atoms with Crippen molar-refractivity contribution in [3.63, 3.8) is 0 Å². The summed E-state index contributed by atoms with van der Waals surface area (Å²) in [6.07, 6.45) is 7.80. The monoisotopic (exact) mass is 223 g/mol. The molecule has 0 saturated carbocycles. The lowest BCUT2D eigenvalue weighted by Gasteiger charge is -2.18. The number of anilines is 1. The summed E-state index contributed by atoms with van der Waals surface area (Å²) in [4.78, 5) is 4.29. The molecule has 1 rings (SSSR count). The Bertz CT molecular complexity index is 303. The van der Waals surface area contributed by atoms with Crippen molar-refractivity contribution in [2.45, 2.75) is 32.4 Å². The Morgan fingerprint density at radius 1 is 1.69 bits per heavy atom. The first-order valence-electron chi connectivity index (χ1n) is 5.69. The maximum Gasteiger partial charge on any atom is 0.203 e. The van der Waals surface area contributed by atoms with Gasteiger partial charge in [0.1, 0.15) is 0 Å². The predicted molar refractivity (Wildman–Crippen MR) is 66.6 cm³/mol. The number of hydrogen-bond acceptors (Lipinski definition) is 3. The molecule has 1 N–H and O–H groups in total. The average molecular weight is 223 g/mol. The van der Waals surface area contributed by atoms with E-state index in [1.54, 1.807) is 13.3 Å². The summed E-state index contributed by atoms with van der Waals surface area (Å²) in [5, 5.41) is 3.39. The highest BCUT2D eigenvalue weighted by molar-refractivity contribution is 5.28. The van der Waals surface area contributed by atoms with Gasteiger partial charge in [-0.3, -0.25) is 0 Å². The van der Waals surface area contributed by atoms with Crippen LogP contribution in [-0.4, -0.2) is 29.3 Å². The van der Waals surface area contributed by atoms with Gasteiger partial charge in [-0.15, -0.1) is 6.58 Å². The highest BCUT2D eigenvalue weighted by Crippen LogP contribution is 2.09. The molecule has 0 saturated heterocycles. The average Bonchev–Trinajstić information content (AvgIpc) is 2.67. The quantitative estimate of drug-likeness (QED) is 0.687. The Morgan fingerprint density at radius 2 is 2.50 bits per heavy atom. The van der Waals surface area contributed by atoms with Crippen molar-refractivity contribution in [3.8, 4) is 0 Å². The molecule has 1 heterocycles. The smallest absolute Gasteiger partial charge is 0.203 e. The summed E-state index contributed by atoms with van der Waals surface area (Å²) in [5.41, 5.74) is 0. The Hall–Kier alpha value is -1.29. The molecule has 1 aromatic rings. The first kappa shape index (κ1) is 12.8. The lowest BCUT2D eigenvalue weighted by atomic mass is 10.2. The van der Waals surface area contributed by atoms with Crippen LogP contribution in [0.2, 0.25) is 0 Å². The van der Waals surface area contributed by atoms with E-state index < -0.39 is 0 Å². The van der Waals surface area contributed by atoms with E-state index in [0.717, 1.165) is 25.3 Å². The molecule has 90 valence electrons. The Balaban J connectivity index is 2.60. The summed E-state index contributed by atoms with van der Waals surface area (Å²) in [6.45, 7) is 7.37. The summed E-state index contributed by atoms with van der Waals surface area (Å²) in [5.74, 6) is 0.885. The van der Waals surface area contributed by atoms with Gasteiger partial charge in [-0.25, -0.2) is 4.98 Å². The minimum Gasteiger partial charge on any atom is -0.383 e. The Labute approximate surface area is 97.3 Å². The van der Waals surface area contributed by atoms with Gasteiger partial charge < -0.3 is 14.6 Å². The molecule has 16 heavy (non-hydrogen) atoms. The molecule has 1 atom stereocenters. The summed E-state index contributed by atoms with van der Waals surface area (Å²) in [6, 6.07) is 0.320. The molecule has 0 spiro atoms. The fraction of sp³-hybridized carbons (Fsp3) is 0.583. The van der Waals surface area contributed by atoms with E-state index >= 15 is 0 Å². The van der Waals surface area contributed by atoms with Gasteiger partial charge in [0.05, 0.1) is 12.6 Å². The zero-order chi connectivity index (χ0) is 11.8. The van der Waals surface area contributed by atoms with Crippen molar-refractivity contribution >= 4 is 5.95 Å². The standard InChI is InChI=1S/C12H21N3O/c1-4-6-11(10-16-3)14-12-13-7-9-15(12)8-5-2/h5,7,9,11H,2,4,6,8,10H2,1,3H3,(H,13,14). The number of methoxy groups -OCH3 is 1. The molecule has 0 aliphatic heterocycles. The minimum absolute atomic E-state index is 0.320. The lowest BCUT2D eigenvalue weighted by molar-refractivity contribution is 0.182. The van der Waals surface area contributed by atoms with Crippen LogP contribution in [0.5, 0.6) is 0 Å². The molecule has 4 heteroatoms. The molecule has 1 unspecified atom stereocenters. The SMILES string of the molecule is C=CCn1ccnc1NC(CCC)COC. The van der Waals surface area contributed by atoms with E-state index in [0.29, 0.717) is 12.6 Å². The highest BCUT2D eigenvalue weighted by Gasteiger charge is 2.10. The van der Waals surface area contributed by atoms with Crippen LogP contribution < -0.4 is 5.32 Å². The first-order chi connectivity index (χ1) is 7.81. The first-order valence-corrected chi connectivity index (χ1v) is 5.69. The van der Waals surface area contributed by atoms with E-state index in [-0.39, 0.29) is 0 Å². The van der Waals surface area contributed by atoms with Crippen LogP contribution in [0.25, 0.3) is 0 Å². The van der Waals surface area contributed by atoms with E-state index in [4.69, 9.17) is 4.74 Å². The molecular weight excluding hydrogens is 202 g/mol. The minimum atomic E-state index is 0.320. The number of allylic oxidation sites excluding steroid dienone is 1. The summed E-state index contributed by atoms with van der Waals surface area (Å²) >= 11 is 0. The van der Waals surface area contributed by atoms with Gasteiger partial charge in [0, 0.05) is 26.0 Å². The number of nitrogens with zero attached hydrogens (tertiary/aromatic N) is 2. The van der Waals surface area contributed by atoms with Crippen molar-refractivity contribution in [1.29, 1.82) is 0 Å². The second kappa shape index (κ2) is 7.06. The number of hydrogen-bond donors (Lipinski definition) is 1. The van der Waals surface area contributed by atoms with Gasteiger partial charge in [-0.05, 0) is 6.42 Å². The summed E-state index contributed by atoms with van der Waals surface area (Å²) in [7, 11) is 1.72. The van der Waals surface area contributed by atoms with Crippen molar-refractivity contribution in [3.05, 3.63) is 25.0 Å². The van der Waals surface area contributed by atoms with E-state index in [2.05, 4.69) is 23.8 Å². The molecule has 0 radical (unpaired) electrons. The maximum atomic E-state index is 5.19.